The van der Waals surface area contributed by atoms with E-state index in [2.05, 4.69) is 15.5 Å². The van der Waals surface area contributed by atoms with Gasteiger partial charge in [-0.1, -0.05) is 25.0 Å². The van der Waals surface area contributed by atoms with Crippen LogP contribution in [0.4, 0.5) is 5.69 Å². The van der Waals surface area contributed by atoms with E-state index in [1.165, 1.54) is 25.7 Å². The lowest BCUT2D eigenvalue weighted by Crippen LogP contribution is -2.11. The van der Waals surface area contributed by atoms with Crippen molar-refractivity contribution < 1.29 is 0 Å². The van der Waals surface area contributed by atoms with E-state index in [1.807, 2.05) is 28.9 Å². The first-order valence-corrected chi connectivity index (χ1v) is 6.45. The fourth-order valence-corrected chi connectivity index (χ4v) is 2.66. The number of nitrogens with zero attached hydrogens (tertiary/aromatic N) is 4. The second-order valence-corrected chi connectivity index (χ2v) is 4.92. The molecule has 18 heavy (non-hydrogen) atoms. The van der Waals surface area contributed by atoms with E-state index in [1.54, 1.807) is 0 Å². The molecule has 94 valence electrons. The van der Waals surface area contributed by atoms with Crippen molar-refractivity contribution in [2.24, 2.45) is 5.92 Å². The van der Waals surface area contributed by atoms with Gasteiger partial charge in [-0.2, -0.15) is 0 Å². The summed E-state index contributed by atoms with van der Waals surface area (Å²) in [6.45, 7) is 0.899. The molecule has 2 aromatic rings. The molecule has 1 fully saturated rings. The van der Waals surface area contributed by atoms with Gasteiger partial charge in [0.05, 0.1) is 0 Å². The lowest BCUT2D eigenvalue weighted by molar-refractivity contribution is 0.424. The lowest BCUT2D eigenvalue weighted by Gasteiger charge is -2.11. The minimum absolute atomic E-state index is 0.706. The molecular formula is C13H17N5. The van der Waals surface area contributed by atoms with E-state index in [0.29, 0.717) is 5.92 Å². The standard InChI is InChI=1S/C13H17N5/c14-12-8-4-3-7-11(12)13-15-16-17-18(13)9-10-5-1-2-6-10/h3-4,7-8,10H,1-2,5-6,9,14H2. The van der Waals surface area contributed by atoms with Gasteiger partial charge in [0, 0.05) is 17.8 Å². The van der Waals surface area contributed by atoms with Crippen molar-refractivity contribution in [3.63, 3.8) is 0 Å². The Bertz CT molecular complexity index is 528. The number of benzene rings is 1. The molecule has 0 amide bonds. The van der Waals surface area contributed by atoms with E-state index in [0.717, 1.165) is 23.6 Å². The summed E-state index contributed by atoms with van der Waals surface area (Å²) in [4.78, 5) is 0. The lowest BCUT2D eigenvalue weighted by atomic mass is 10.1. The second kappa shape index (κ2) is 4.76. The number of tetrazole rings is 1. The van der Waals surface area contributed by atoms with Crippen LogP contribution in [0.15, 0.2) is 24.3 Å². The smallest absolute Gasteiger partial charge is 0.184 e. The molecule has 3 rings (SSSR count). The first-order chi connectivity index (χ1) is 8.84. The normalized spacial score (nSPS) is 16.2. The monoisotopic (exact) mass is 243 g/mol. The molecule has 1 aliphatic carbocycles. The number of rotatable bonds is 3. The molecule has 0 aliphatic heterocycles. The van der Waals surface area contributed by atoms with Gasteiger partial charge >= 0.3 is 0 Å². The zero-order chi connectivity index (χ0) is 12.4. The third-order valence-electron chi connectivity index (χ3n) is 3.64. The first kappa shape index (κ1) is 11.2. The Morgan fingerprint density at radius 3 is 2.78 bits per heavy atom. The van der Waals surface area contributed by atoms with Crippen molar-refractivity contribution in [3.8, 4) is 11.4 Å². The van der Waals surface area contributed by atoms with Gasteiger partial charge in [0.15, 0.2) is 5.82 Å². The summed E-state index contributed by atoms with van der Waals surface area (Å²) in [6, 6.07) is 7.72. The van der Waals surface area contributed by atoms with Crippen LogP contribution in [-0.4, -0.2) is 20.2 Å². The van der Waals surface area contributed by atoms with E-state index >= 15 is 0 Å². The molecule has 0 bridgehead atoms. The minimum atomic E-state index is 0.706. The molecule has 1 aliphatic rings. The molecule has 0 unspecified atom stereocenters. The Labute approximate surface area is 106 Å². The minimum Gasteiger partial charge on any atom is -0.398 e. The summed E-state index contributed by atoms with van der Waals surface area (Å²) in [7, 11) is 0. The predicted octanol–water partition coefficient (Wildman–Crippen LogP) is 2.11. The van der Waals surface area contributed by atoms with Crippen LogP contribution in [0.1, 0.15) is 25.7 Å². The molecular weight excluding hydrogens is 226 g/mol. The van der Waals surface area contributed by atoms with Crippen LogP contribution in [0.3, 0.4) is 0 Å². The Morgan fingerprint density at radius 2 is 2.00 bits per heavy atom. The van der Waals surface area contributed by atoms with Gasteiger partial charge in [-0.25, -0.2) is 4.68 Å². The summed E-state index contributed by atoms with van der Waals surface area (Å²) in [5.74, 6) is 1.48. The predicted molar refractivity (Wildman–Crippen MR) is 69.6 cm³/mol. The zero-order valence-electron chi connectivity index (χ0n) is 10.3. The van der Waals surface area contributed by atoms with Crippen molar-refractivity contribution in [3.05, 3.63) is 24.3 Å². The summed E-state index contributed by atoms with van der Waals surface area (Å²) >= 11 is 0. The van der Waals surface area contributed by atoms with Gasteiger partial charge in [-0.15, -0.1) is 5.10 Å². The van der Waals surface area contributed by atoms with E-state index in [-0.39, 0.29) is 0 Å². The largest absolute Gasteiger partial charge is 0.398 e. The number of aromatic nitrogens is 4. The average molecular weight is 243 g/mol. The fraction of sp³-hybridized carbons (Fsp3) is 0.462. The Morgan fingerprint density at radius 1 is 1.22 bits per heavy atom. The van der Waals surface area contributed by atoms with Crippen molar-refractivity contribution in [1.82, 2.24) is 20.2 Å². The van der Waals surface area contributed by atoms with Crippen molar-refractivity contribution in [2.45, 2.75) is 32.2 Å². The summed E-state index contributed by atoms with van der Waals surface area (Å²) in [5.41, 5.74) is 7.62. The first-order valence-electron chi connectivity index (χ1n) is 6.45. The highest BCUT2D eigenvalue weighted by atomic mass is 15.5. The Kier molecular flexibility index (Phi) is 2.96. The number of hydrogen-bond donors (Lipinski definition) is 1. The molecule has 5 nitrogen and oxygen atoms in total. The third kappa shape index (κ3) is 2.08. The molecule has 0 spiro atoms. The van der Waals surface area contributed by atoms with Gasteiger partial charge < -0.3 is 5.73 Å². The Balaban J connectivity index is 1.89. The van der Waals surface area contributed by atoms with Crippen LogP contribution in [0.2, 0.25) is 0 Å². The third-order valence-corrected chi connectivity index (χ3v) is 3.64. The number of anilines is 1. The molecule has 0 radical (unpaired) electrons. The van der Waals surface area contributed by atoms with Crippen LogP contribution >= 0.6 is 0 Å². The summed E-state index contributed by atoms with van der Waals surface area (Å²) in [5, 5.41) is 12.0. The molecule has 1 saturated carbocycles. The Hall–Kier alpha value is -1.91. The topological polar surface area (TPSA) is 69.6 Å². The maximum absolute atomic E-state index is 5.98. The summed E-state index contributed by atoms with van der Waals surface area (Å²) in [6.07, 6.45) is 5.22. The molecule has 1 aromatic carbocycles. The van der Waals surface area contributed by atoms with Gasteiger partial charge in [0.25, 0.3) is 0 Å². The van der Waals surface area contributed by atoms with Crippen molar-refractivity contribution in [2.75, 3.05) is 5.73 Å². The second-order valence-electron chi connectivity index (χ2n) is 4.92. The average Bonchev–Trinajstić information content (AvgIpc) is 3.02. The van der Waals surface area contributed by atoms with Crippen LogP contribution in [0.25, 0.3) is 11.4 Å². The van der Waals surface area contributed by atoms with Crippen LogP contribution in [0.5, 0.6) is 0 Å². The van der Waals surface area contributed by atoms with Crippen molar-refractivity contribution >= 4 is 5.69 Å². The number of nitrogens with two attached hydrogens (primary N) is 1. The molecule has 1 heterocycles. The highest BCUT2D eigenvalue weighted by Gasteiger charge is 2.19. The van der Waals surface area contributed by atoms with Crippen molar-refractivity contribution in [1.29, 1.82) is 0 Å². The quantitative estimate of drug-likeness (QED) is 0.838. The van der Waals surface area contributed by atoms with Gasteiger partial charge in [0.1, 0.15) is 0 Å². The van der Waals surface area contributed by atoms with Gasteiger partial charge in [0.2, 0.25) is 0 Å². The molecule has 5 heteroatoms. The fourth-order valence-electron chi connectivity index (χ4n) is 2.66. The zero-order valence-corrected chi connectivity index (χ0v) is 10.3. The van der Waals surface area contributed by atoms with E-state index in [9.17, 15) is 0 Å². The summed E-state index contributed by atoms with van der Waals surface area (Å²) < 4.78 is 1.89. The SMILES string of the molecule is Nc1ccccc1-c1nnnn1CC1CCCC1. The molecule has 1 aromatic heterocycles. The highest BCUT2D eigenvalue weighted by Crippen LogP contribution is 2.28. The van der Waals surface area contributed by atoms with Crippen LogP contribution in [0, 0.1) is 5.92 Å². The van der Waals surface area contributed by atoms with Crippen LogP contribution in [-0.2, 0) is 6.54 Å². The maximum Gasteiger partial charge on any atom is 0.184 e. The van der Waals surface area contributed by atoms with E-state index < -0.39 is 0 Å². The number of hydrogen-bond acceptors (Lipinski definition) is 4. The molecule has 0 atom stereocenters. The molecule has 0 saturated heterocycles. The number of para-hydroxylation sites is 1. The van der Waals surface area contributed by atoms with Crippen LogP contribution < -0.4 is 5.73 Å². The number of nitrogen functional groups attached to an aromatic ring is 1. The maximum atomic E-state index is 5.98. The molecule has 2 N–H and O–H groups in total. The van der Waals surface area contributed by atoms with E-state index in [4.69, 9.17) is 5.73 Å². The van der Waals surface area contributed by atoms with Gasteiger partial charge in [-0.05, 0) is 41.3 Å². The highest BCUT2D eigenvalue weighted by molar-refractivity contribution is 5.70. The van der Waals surface area contributed by atoms with Gasteiger partial charge in [-0.3, -0.25) is 0 Å².